The maximum atomic E-state index is 5.60. The van der Waals surface area contributed by atoms with Crippen molar-refractivity contribution in [2.24, 2.45) is 0 Å². The van der Waals surface area contributed by atoms with Crippen LogP contribution in [0.4, 0.5) is 0 Å². The maximum absolute atomic E-state index is 5.60. The van der Waals surface area contributed by atoms with Crippen molar-refractivity contribution in [3.63, 3.8) is 0 Å². The third-order valence-electron chi connectivity index (χ3n) is 4.59. The summed E-state index contributed by atoms with van der Waals surface area (Å²) in [6, 6.07) is 16.8. The normalized spacial score (nSPS) is 12.1. The molecule has 3 aromatic rings. The van der Waals surface area contributed by atoms with Gasteiger partial charge in [-0.1, -0.05) is 72.2 Å². The molecule has 0 atom stereocenters. The molecule has 0 N–H and O–H groups in total. The number of hydrogen-bond donors (Lipinski definition) is 0. The fourth-order valence-corrected chi connectivity index (χ4v) is 6.17. The van der Waals surface area contributed by atoms with Crippen molar-refractivity contribution < 1.29 is 0 Å². The molecule has 0 saturated heterocycles. The van der Waals surface area contributed by atoms with Gasteiger partial charge in [-0.25, -0.2) is 0 Å². The lowest BCUT2D eigenvalue weighted by molar-refractivity contribution is 0.768. The average Bonchev–Trinajstić information content (AvgIpc) is 3.35. The van der Waals surface area contributed by atoms with Gasteiger partial charge in [-0.2, -0.15) is 0 Å². The van der Waals surface area contributed by atoms with Crippen LogP contribution in [0.3, 0.4) is 0 Å². The van der Waals surface area contributed by atoms with Crippen molar-refractivity contribution in [3.8, 4) is 0 Å². The first-order valence-corrected chi connectivity index (χ1v) is 11.5. The Morgan fingerprint density at radius 3 is 1.21 bits per heavy atom. The highest BCUT2D eigenvalue weighted by Crippen LogP contribution is 2.40. The maximum Gasteiger partial charge on any atom is 0.145 e. The third kappa shape index (κ3) is 4.98. The first-order valence-electron chi connectivity index (χ1n) is 9.03. The van der Waals surface area contributed by atoms with Crippen LogP contribution in [0.25, 0.3) is 0 Å². The van der Waals surface area contributed by atoms with Crippen LogP contribution < -0.4 is 0 Å². The largest absolute Gasteiger partial charge is 0.310 e. The topological polar surface area (TPSA) is 9.86 Å². The quantitative estimate of drug-likeness (QED) is 0.405. The Morgan fingerprint density at radius 2 is 0.929 bits per heavy atom. The Labute approximate surface area is 186 Å². The van der Waals surface area contributed by atoms with Crippen LogP contribution in [-0.4, -0.2) is 17.8 Å². The van der Waals surface area contributed by atoms with Crippen molar-refractivity contribution in [1.29, 1.82) is 0 Å². The Bertz CT molecular complexity index is 858. The Balaban J connectivity index is 1.72. The Kier molecular flexibility index (Phi) is 6.54. The molecule has 6 heteroatoms. The van der Waals surface area contributed by atoms with E-state index in [-0.39, 0.29) is 9.49 Å². The molecule has 2 heterocycles. The first-order chi connectivity index (χ1) is 13.2. The molecule has 0 unspecified atom stereocenters. The van der Waals surface area contributed by atoms with Crippen LogP contribution in [-0.2, 0) is 9.49 Å². The fraction of sp³-hybridized carbons (Fsp3) is 0.273. The highest BCUT2D eigenvalue weighted by atomic mass is 32.2. The van der Waals surface area contributed by atoms with E-state index in [2.05, 4.69) is 52.0 Å². The summed E-state index contributed by atoms with van der Waals surface area (Å²) in [5.74, 6) is 0. The summed E-state index contributed by atoms with van der Waals surface area (Å²) in [6.07, 6.45) is 7.95. The van der Waals surface area contributed by atoms with E-state index in [1.165, 1.54) is 11.1 Å². The molecule has 2 aromatic heterocycles. The number of thioether (sulfide) groups is 2. The van der Waals surface area contributed by atoms with Crippen molar-refractivity contribution in [2.45, 2.75) is 37.2 Å². The van der Waals surface area contributed by atoms with Gasteiger partial charge in [0.25, 0.3) is 0 Å². The van der Waals surface area contributed by atoms with Crippen LogP contribution in [0.1, 0.15) is 38.8 Å². The van der Waals surface area contributed by atoms with E-state index < -0.39 is 0 Å². The van der Waals surface area contributed by atoms with Gasteiger partial charge in [0.05, 0.1) is 0 Å². The third-order valence-corrected chi connectivity index (χ3v) is 7.78. The summed E-state index contributed by atoms with van der Waals surface area (Å²) in [4.78, 5) is 0. The zero-order chi connectivity index (χ0) is 20.4. The minimum Gasteiger partial charge on any atom is -0.310 e. The summed E-state index contributed by atoms with van der Waals surface area (Å²) in [6.45, 7) is 8.85. The zero-order valence-electron chi connectivity index (χ0n) is 16.5. The molecule has 0 aliphatic carbocycles. The van der Waals surface area contributed by atoms with Crippen LogP contribution in [0.2, 0.25) is 0 Å². The van der Waals surface area contributed by atoms with Crippen molar-refractivity contribution in [1.82, 2.24) is 9.13 Å². The van der Waals surface area contributed by atoms with Gasteiger partial charge in [0.2, 0.25) is 0 Å². The van der Waals surface area contributed by atoms with Crippen LogP contribution in [0.15, 0.2) is 73.3 Å². The summed E-state index contributed by atoms with van der Waals surface area (Å²) >= 11 is 14.6. The van der Waals surface area contributed by atoms with Gasteiger partial charge in [0.1, 0.15) is 8.64 Å². The second-order valence-corrected chi connectivity index (χ2v) is 12.0. The average molecular weight is 445 g/mol. The number of benzene rings is 1. The van der Waals surface area contributed by atoms with Crippen LogP contribution >= 0.6 is 48.0 Å². The molecule has 2 nitrogen and oxygen atoms in total. The fourth-order valence-electron chi connectivity index (χ4n) is 2.85. The second kappa shape index (κ2) is 8.57. The van der Waals surface area contributed by atoms with Gasteiger partial charge in [-0.05, 0) is 63.1 Å². The van der Waals surface area contributed by atoms with Gasteiger partial charge in [-0.15, -0.1) is 0 Å². The molecule has 0 saturated carbocycles. The van der Waals surface area contributed by atoms with E-state index in [9.17, 15) is 0 Å². The number of nitrogens with zero attached hydrogens (tertiary/aromatic N) is 2. The highest BCUT2D eigenvalue weighted by molar-refractivity contribution is 8.23. The molecule has 0 amide bonds. The van der Waals surface area contributed by atoms with E-state index in [4.69, 9.17) is 24.4 Å². The van der Waals surface area contributed by atoms with Gasteiger partial charge in [0.15, 0.2) is 0 Å². The molecule has 0 aliphatic rings. The summed E-state index contributed by atoms with van der Waals surface area (Å²) in [5, 5.41) is 0. The molecule has 0 fully saturated rings. The van der Waals surface area contributed by atoms with Crippen molar-refractivity contribution in [2.75, 3.05) is 0 Å². The van der Waals surface area contributed by atoms with Crippen LogP contribution in [0, 0.1) is 0 Å². The molecular formula is C22H24N2S4. The van der Waals surface area contributed by atoms with E-state index in [0.717, 1.165) is 8.64 Å². The molecule has 146 valence electrons. The number of aromatic nitrogens is 2. The van der Waals surface area contributed by atoms with Gasteiger partial charge < -0.3 is 9.13 Å². The second-order valence-electron chi connectivity index (χ2n) is 7.51. The summed E-state index contributed by atoms with van der Waals surface area (Å²) < 4.78 is 5.45. The Hall–Kier alpha value is -1.34. The van der Waals surface area contributed by atoms with Gasteiger partial charge in [-0.3, -0.25) is 0 Å². The van der Waals surface area contributed by atoms with Crippen molar-refractivity contribution >= 4 is 56.6 Å². The first kappa shape index (κ1) is 21.4. The SMILES string of the molecule is CC(C)(SC(=S)n1cccc1)c1ccc(C(C)(C)SC(=S)n2cccc2)cc1. The Morgan fingerprint density at radius 1 is 0.643 bits per heavy atom. The number of hydrogen-bond acceptors (Lipinski definition) is 4. The van der Waals surface area contributed by atoms with E-state index in [1.807, 2.05) is 58.2 Å². The van der Waals surface area contributed by atoms with Crippen LogP contribution in [0.5, 0.6) is 0 Å². The molecule has 0 radical (unpaired) electrons. The number of rotatable bonds is 4. The zero-order valence-corrected chi connectivity index (χ0v) is 19.7. The lowest BCUT2D eigenvalue weighted by atomic mass is 9.96. The predicted molar refractivity (Wildman–Crippen MR) is 133 cm³/mol. The minimum absolute atomic E-state index is 0.113. The molecule has 1 aromatic carbocycles. The monoisotopic (exact) mass is 444 g/mol. The highest BCUT2D eigenvalue weighted by Gasteiger charge is 2.27. The molecule has 0 bridgehead atoms. The molecular weight excluding hydrogens is 421 g/mol. The standard InChI is InChI=1S/C22H24N2S4/c1-21(2,27-19(25)23-13-5-6-14-23)17-9-11-18(12-10-17)22(3,4)28-20(26)24-15-7-8-16-24/h5-16H,1-4H3. The van der Waals surface area contributed by atoms with Crippen molar-refractivity contribution in [3.05, 3.63) is 84.4 Å². The minimum atomic E-state index is -0.113. The summed E-state index contributed by atoms with van der Waals surface area (Å²) in [7, 11) is 0. The van der Waals surface area contributed by atoms with Gasteiger partial charge in [0, 0.05) is 34.3 Å². The number of thiocarbonyl (C=S) groups is 2. The smallest absolute Gasteiger partial charge is 0.145 e. The molecule has 0 aliphatic heterocycles. The molecule has 0 spiro atoms. The van der Waals surface area contributed by atoms with E-state index >= 15 is 0 Å². The van der Waals surface area contributed by atoms with E-state index in [1.54, 1.807) is 23.5 Å². The lowest BCUT2D eigenvalue weighted by Gasteiger charge is -2.28. The molecule has 3 rings (SSSR count). The predicted octanol–water partition coefficient (Wildman–Crippen LogP) is 6.89. The van der Waals surface area contributed by atoms with Gasteiger partial charge >= 0.3 is 0 Å². The summed E-state index contributed by atoms with van der Waals surface area (Å²) in [5.41, 5.74) is 2.51. The van der Waals surface area contributed by atoms with E-state index in [0.29, 0.717) is 0 Å². The lowest BCUT2D eigenvalue weighted by Crippen LogP contribution is -2.19. The molecule has 28 heavy (non-hydrogen) atoms.